The van der Waals surface area contributed by atoms with E-state index in [-0.39, 0.29) is 0 Å². The fraction of sp³-hybridized carbons (Fsp3) is 0. The normalized spacial score (nSPS) is 11.6. The van der Waals surface area contributed by atoms with Crippen molar-refractivity contribution in [2.45, 2.75) is 0 Å². The molecule has 0 aliphatic carbocycles. The van der Waals surface area contributed by atoms with Gasteiger partial charge in [0.25, 0.3) is 0 Å². The Hall–Kier alpha value is -8.14. The van der Waals surface area contributed by atoms with Crippen LogP contribution in [0.2, 0.25) is 0 Å². The second-order valence-electron chi connectivity index (χ2n) is 15.6. The molecule has 10 aromatic carbocycles. The highest BCUT2D eigenvalue weighted by atomic mass is 16.3. The van der Waals surface area contributed by atoms with Gasteiger partial charge in [0.05, 0.1) is 16.8 Å². The molecule has 12 rings (SSSR count). The van der Waals surface area contributed by atoms with Crippen LogP contribution in [0.4, 0.5) is 17.1 Å². The summed E-state index contributed by atoms with van der Waals surface area (Å²) in [4.78, 5) is 2.34. The van der Waals surface area contributed by atoms with Gasteiger partial charge in [-0.3, -0.25) is 0 Å². The lowest BCUT2D eigenvalue weighted by molar-refractivity contribution is 0.668. The van der Waals surface area contributed by atoms with E-state index in [4.69, 9.17) is 8.83 Å². The van der Waals surface area contributed by atoms with E-state index in [0.29, 0.717) is 0 Å². The predicted molar refractivity (Wildman–Crippen MR) is 255 cm³/mol. The Kier molecular flexibility index (Phi) is 8.17. The minimum absolute atomic E-state index is 0.823. The van der Waals surface area contributed by atoms with Gasteiger partial charge in [-0.25, -0.2) is 0 Å². The average molecular weight is 780 g/mol. The summed E-state index contributed by atoms with van der Waals surface area (Å²) in [5.74, 6) is 0. The zero-order valence-electron chi connectivity index (χ0n) is 33.1. The molecule has 2 aromatic heterocycles. The van der Waals surface area contributed by atoms with Crippen LogP contribution < -0.4 is 4.90 Å². The summed E-state index contributed by atoms with van der Waals surface area (Å²) >= 11 is 0. The molecule has 0 N–H and O–H groups in total. The van der Waals surface area contributed by atoms with E-state index in [9.17, 15) is 0 Å². The van der Waals surface area contributed by atoms with E-state index in [1.54, 1.807) is 0 Å². The highest BCUT2D eigenvalue weighted by Gasteiger charge is 2.25. The van der Waals surface area contributed by atoms with Crippen LogP contribution in [0.5, 0.6) is 0 Å². The van der Waals surface area contributed by atoms with Crippen LogP contribution in [0.25, 0.3) is 99.2 Å². The second kappa shape index (κ2) is 14.3. The van der Waals surface area contributed by atoms with Crippen molar-refractivity contribution in [3.05, 3.63) is 224 Å². The number of hydrogen-bond acceptors (Lipinski definition) is 3. The third kappa shape index (κ3) is 5.90. The number of benzene rings is 10. The molecule has 0 spiro atoms. The zero-order chi connectivity index (χ0) is 40.3. The number of nitrogens with zero attached hydrogens (tertiary/aromatic N) is 1. The molecule has 2 heterocycles. The Balaban J connectivity index is 1.03. The van der Waals surface area contributed by atoms with E-state index in [2.05, 4.69) is 217 Å². The fourth-order valence-corrected chi connectivity index (χ4v) is 9.14. The van der Waals surface area contributed by atoms with E-state index in [1.807, 2.05) is 12.1 Å². The molecule has 0 fully saturated rings. The van der Waals surface area contributed by atoms with Gasteiger partial charge in [0.2, 0.25) is 0 Å². The first kappa shape index (κ1) is 34.9. The summed E-state index contributed by atoms with van der Waals surface area (Å²) in [6.45, 7) is 0. The van der Waals surface area contributed by atoms with Gasteiger partial charge in [-0.05, 0) is 98.2 Å². The molecule has 0 atom stereocenters. The maximum atomic E-state index is 6.95. The Morgan fingerprint density at radius 1 is 0.295 bits per heavy atom. The third-order valence-electron chi connectivity index (χ3n) is 12.1. The number of furan rings is 2. The van der Waals surface area contributed by atoms with Crippen LogP contribution in [0.1, 0.15) is 0 Å². The van der Waals surface area contributed by atoms with Crippen LogP contribution in [0, 0.1) is 0 Å². The summed E-state index contributed by atoms with van der Waals surface area (Å²) < 4.78 is 13.7. The first-order valence-electron chi connectivity index (χ1n) is 20.7. The molecule has 0 aliphatic heterocycles. The van der Waals surface area contributed by atoms with Gasteiger partial charge >= 0.3 is 0 Å². The highest BCUT2D eigenvalue weighted by molar-refractivity contribution is 6.19. The minimum atomic E-state index is 0.823. The van der Waals surface area contributed by atoms with Crippen molar-refractivity contribution in [1.82, 2.24) is 0 Å². The minimum Gasteiger partial charge on any atom is -0.455 e. The lowest BCUT2D eigenvalue weighted by Crippen LogP contribution is -2.10. The molecule has 0 saturated carbocycles. The number of fused-ring (bicyclic) bond motifs is 7. The summed E-state index contributed by atoms with van der Waals surface area (Å²) in [7, 11) is 0. The largest absolute Gasteiger partial charge is 0.455 e. The Morgan fingerprint density at radius 2 is 0.869 bits per heavy atom. The monoisotopic (exact) mass is 779 g/mol. The average Bonchev–Trinajstić information content (AvgIpc) is 3.92. The SMILES string of the molecule is c1ccc(-c2ccc3c(c2)oc2c(N(c4ccc(-c5ccc(-c6cccc7ccccc67)cc5)cc4)c4ccc(-c5ccccc5)c5oc6ccccc6c45)cccc23)cc1. The van der Waals surface area contributed by atoms with Crippen molar-refractivity contribution in [3.63, 3.8) is 0 Å². The number of hydrogen-bond donors (Lipinski definition) is 0. The summed E-state index contributed by atoms with van der Waals surface area (Å²) in [5, 5.41) is 6.75. The number of anilines is 3. The van der Waals surface area contributed by atoms with Crippen molar-refractivity contribution in [2.24, 2.45) is 0 Å². The molecule has 61 heavy (non-hydrogen) atoms. The van der Waals surface area contributed by atoms with Crippen molar-refractivity contribution in [3.8, 4) is 44.5 Å². The fourth-order valence-electron chi connectivity index (χ4n) is 9.14. The smallest absolute Gasteiger partial charge is 0.159 e. The van der Waals surface area contributed by atoms with Gasteiger partial charge in [0.1, 0.15) is 16.7 Å². The Morgan fingerprint density at radius 3 is 1.67 bits per heavy atom. The number of rotatable bonds is 7. The maximum Gasteiger partial charge on any atom is 0.159 e. The van der Waals surface area contributed by atoms with Crippen molar-refractivity contribution in [2.75, 3.05) is 4.90 Å². The third-order valence-corrected chi connectivity index (χ3v) is 12.1. The van der Waals surface area contributed by atoms with Crippen molar-refractivity contribution in [1.29, 1.82) is 0 Å². The van der Waals surface area contributed by atoms with Crippen LogP contribution in [-0.4, -0.2) is 0 Å². The van der Waals surface area contributed by atoms with Gasteiger partial charge in [0, 0.05) is 27.4 Å². The van der Waals surface area contributed by atoms with Crippen LogP contribution in [-0.2, 0) is 0 Å². The topological polar surface area (TPSA) is 29.5 Å². The molecular weight excluding hydrogens is 743 g/mol. The van der Waals surface area contributed by atoms with Crippen LogP contribution in [0.3, 0.4) is 0 Å². The Labute approximate surface area is 353 Å². The highest BCUT2D eigenvalue weighted by Crippen LogP contribution is 2.49. The molecule has 3 nitrogen and oxygen atoms in total. The summed E-state index contributed by atoms with van der Waals surface area (Å²) in [5.41, 5.74) is 15.5. The first-order valence-corrected chi connectivity index (χ1v) is 20.7. The molecule has 3 heteroatoms. The predicted octanol–water partition coefficient (Wildman–Crippen LogP) is 16.8. The Bertz CT molecular complexity index is 3560. The van der Waals surface area contributed by atoms with Crippen LogP contribution >= 0.6 is 0 Å². The molecule has 0 aliphatic rings. The number of para-hydroxylation sites is 2. The van der Waals surface area contributed by atoms with Gasteiger partial charge in [0.15, 0.2) is 5.58 Å². The molecule has 0 bridgehead atoms. The first-order chi connectivity index (χ1) is 30.2. The lowest BCUT2D eigenvalue weighted by Gasteiger charge is -2.27. The van der Waals surface area contributed by atoms with E-state index in [0.717, 1.165) is 94.3 Å². The maximum absolute atomic E-state index is 6.95. The second-order valence-corrected chi connectivity index (χ2v) is 15.6. The molecular formula is C58H37NO2. The van der Waals surface area contributed by atoms with Crippen LogP contribution in [0.15, 0.2) is 233 Å². The molecule has 0 amide bonds. The van der Waals surface area contributed by atoms with E-state index < -0.39 is 0 Å². The summed E-state index contributed by atoms with van der Waals surface area (Å²) in [6.07, 6.45) is 0. The van der Waals surface area contributed by atoms with Gasteiger partial charge < -0.3 is 13.7 Å². The van der Waals surface area contributed by atoms with Gasteiger partial charge in [-0.15, -0.1) is 0 Å². The van der Waals surface area contributed by atoms with E-state index >= 15 is 0 Å². The summed E-state index contributed by atoms with van der Waals surface area (Å²) in [6, 6.07) is 79.7. The molecule has 286 valence electrons. The standard InChI is InChI=1S/C58H37NO2/c1-3-13-38(14-4-1)44-31-34-49-50-22-12-23-53(57(50)61-55(49)37-44)59(52-36-35-48(42-15-5-2-6-16-42)58-56(52)51-20-9-10-24-54(51)60-58)45-32-29-40(30-33-45)39-25-27-43(28-26-39)47-21-11-18-41-17-7-8-19-46(41)47/h1-37H. The molecule has 12 aromatic rings. The molecule has 0 saturated heterocycles. The van der Waals surface area contributed by atoms with Crippen molar-refractivity contribution >= 4 is 71.7 Å². The van der Waals surface area contributed by atoms with Gasteiger partial charge in [-0.1, -0.05) is 176 Å². The van der Waals surface area contributed by atoms with Crippen molar-refractivity contribution < 1.29 is 8.83 Å². The lowest BCUT2D eigenvalue weighted by atomic mass is 9.96. The molecule has 0 radical (unpaired) electrons. The van der Waals surface area contributed by atoms with Gasteiger partial charge in [-0.2, -0.15) is 0 Å². The van der Waals surface area contributed by atoms with E-state index in [1.165, 1.54) is 21.9 Å². The quantitative estimate of drug-likeness (QED) is 0.161. The molecule has 0 unspecified atom stereocenters. The zero-order valence-corrected chi connectivity index (χ0v) is 33.1.